The monoisotopic (exact) mass is 420 g/mol. The smallest absolute Gasteiger partial charge is 0.225 e. The second kappa shape index (κ2) is 10.1. The number of hydrogen-bond donors (Lipinski definition) is 0. The van der Waals surface area contributed by atoms with Crippen molar-refractivity contribution in [1.82, 2.24) is 14.8 Å². The number of benzene rings is 1. The minimum Gasteiger partial charge on any atom is -0.338 e. The fraction of sp³-hybridized carbons (Fsp3) is 0.480. The number of carbonyl (C=O) groups is 2. The molecule has 0 saturated heterocycles. The average Bonchev–Trinajstić information content (AvgIpc) is 3.61. The van der Waals surface area contributed by atoms with Gasteiger partial charge in [-0.1, -0.05) is 24.3 Å². The molecule has 4 rings (SSSR count). The molecule has 0 N–H and O–H groups in total. The first kappa shape index (κ1) is 21.5. The lowest BCUT2D eigenvalue weighted by atomic mass is 10.1. The quantitative estimate of drug-likeness (QED) is 0.763. The Kier molecular flexibility index (Phi) is 6.97. The predicted octanol–water partition coefficient (Wildman–Crippen LogP) is 3.47. The van der Waals surface area contributed by atoms with Gasteiger partial charge in [-0.3, -0.25) is 19.5 Å². The Balaban J connectivity index is 1.57. The van der Waals surface area contributed by atoms with Crippen LogP contribution in [-0.4, -0.2) is 52.8 Å². The van der Waals surface area contributed by atoms with Crippen LogP contribution in [0.15, 0.2) is 48.7 Å². The van der Waals surface area contributed by atoms with Gasteiger partial charge in [0.15, 0.2) is 0 Å². The maximum absolute atomic E-state index is 13.0. The molecule has 0 unspecified atom stereocenters. The highest BCUT2D eigenvalue weighted by Gasteiger charge is 2.33. The highest BCUT2D eigenvalue weighted by molar-refractivity contribution is 5.92. The molecule has 0 radical (unpaired) electrons. The van der Waals surface area contributed by atoms with Gasteiger partial charge in [-0.15, -0.1) is 0 Å². The summed E-state index contributed by atoms with van der Waals surface area (Å²) in [5, 5.41) is 0. The molecule has 31 heavy (non-hydrogen) atoms. The van der Waals surface area contributed by atoms with Crippen molar-refractivity contribution in [2.24, 2.45) is 5.92 Å². The standard InChI is InChI=1S/C25H32N4O2/c1-20(30)29-17-7-15-27(19-23-9-4-5-13-26-23)14-6-16-28(25(31)21-11-12-21)18-22-8-2-3-10-24(22)29/h2-5,8-10,13,21H,6-7,11-12,14-19H2,1H3. The van der Waals surface area contributed by atoms with E-state index < -0.39 is 0 Å². The summed E-state index contributed by atoms with van der Waals surface area (Å²) in [5.41, 5.74) is 3.03. The summed E-state index contributed by atoms with van der Waals surface area (Å²) in [4.78, 5) is 36.3. The van der Waals surface area contributed by atoms with Crippen molar-refractivity contribution in [2.75, 3.05) is 31.1 Å². The maximum atomic E-state index is 13.0. The Morgan fingerprint density at radius 2 is 1.71 bits per heavy atom. The molecule has 0 bridgehead atoms. The molecule has 2 aromatic rings. The third kappa shape index (κ3) is 5.70. The van der Waals surface area contributed by atoms with Gasteiger partial charge in [-0.2, -0.15) is 0 Å². The SMILES string of the molecule is CC(=O)N1CCCN(Cc2ccccn2)CCCN(C(=O)C2CC2)Cc2ccccc21. The van der Waals surface area contributed by atoms with Crippen LogP contribution in [0, 0.1) is 5.92 Å². The highest BCUT2D eigenvalue weighted by Crippen LogP contribution is 2.32. The van der Waals surface area contributed by atoms with Crippen molar-refractivity contribution < 1.29 is 9.59 Å². The van der Waals surface area contributed by atoms with Gasteiger partial charge < -0.3 is 9.80 Å². The van der Waals surface area contributed by atoms with Crippen LogP contribution in [0.1, 0.15) is 43.9 Å². The lowest BCUT2D eigenvalue weighted by molar-refractivity contribution is -0.133. The van der Waals surface area contributed by atoms with Crippen molar-refractivity contribution >= 4 is 17.5 Å². The van der Waals surface area contributed by atoms with E-state index in [2.05, 4.69) is 22.0 Å². The van der Waals surface area contributed by atoms with Crippen LogP contribution >= 0.6 is 0 Å². The number of anilines is 1. The molecule has 164 valence electrons. The minimum atomic E-state index is 0.0425. The van der Waals surface area contributed by atoms with Crippen molar-refractivity contribution in [3.8, 4) is 0 Å². The molecule has 2 amide bonds. The van der Waals surface area contributed by atoms with Gasteiger partial charge >= 0.3 is 0 Å². The van der Waals surface area contributed by atoms with Crippen LogP contribution in [0.25, 0.3) is 0 Å². The summed E-state index contributed by atoms with van der Waals surface area (Å²) in [6.07, 6.45) is 5.66. The van der Waals surface area contributed by atoms with Gasteiger partial charge in [0.05, 0.1) is 5.69 Å². The lowest BCUT2D eigenvalue weighted by Gasteiger charge is -2.31. The van der Waals surface area contributed by atoms with Crippen LogP contribution in [0.5, 0.6) is 0 Å². The fourth-order valence-electron chi connectivity index (χ4n) is 4.34. The zero-order valence-electron chi connectivity index (χ0n) is 18.4. The minimum absolute atomic E-state index is 0.0425. The van der Waals surface area contributed by atoms with E-state index in [-0.39, 0.29) is 17.7 Å². The van der Waals surface area contributed by atoms with Crippen LogP contribution in [0.2, 0.25) is 0 Å². The normalized spacial score (nSPS) is 18.6. The largest absolute Gasteiger partial charge is 0.338 e. The van der Waals surface area contributed by atoms with Gasteiger partial charge in [0.2, 0.25) is 11.8 Å². The molecule has 0 atom stereocenters. The molecule has 1 aromatic carbocycles. The summed E-state index contributed by atoms with van der Waals surface area (Å²) >= 11 is 0. The zero-order valence-corrected chi connectivity index (χ0v) is 18.4. The molecule has 1 saturated carbocycles. The summed E-state index contributed by atoms with van der Waals surface area (Å²) in [5.74, 6) is 0.493. The van der Waals surface area contributed by atoms with E-state index in [0.717, 1.165) is 68.8 Å². The molecule has 1 aromatic heterocycles. The first-order valence-electron chi connectivity index (χ1n) is 11.4. The van der Waals surface area contributed by atoms with Gasteiger partial charge in [0.1, 0.15) is 0 Å². The van der Waals surface area contributed by atoms with E-state index in [4.69, 9.17) is 0 Å². The number of amides is 2. The summed E-state index contributed by atoms with van der Waals surface area (Å²) in [7, 11) is 0. The first-order valence-corrected chi connectivity index (χ1v) is 11.4. The van der Waals surface area contributed by atoms with E-state index in [9.17, 15) is 9.59 Å². The Morgan fingerprint density at radius 3 is 2.42 bits per heavy atom. The summed E-state index contributed by atoms with van der Waals surface area (Å²) in [6.45, 7) is 6.18. The molecule has 2 heterocycles. The second-order valence-corrected chi connectivity index (χ2v) is 8.64. The topological polar surface area (TPSA) is 56.8 Å². The Morgan fingerprint density at radius 1 is 0.968 bits per heavy atom. The van der Waals surface area contributed by atoms with E-state index in [1.54, 1.807) is 6.92 Å². The summed E-state index contributed by atoms with van der Waals surface area (Å²) in [6, 6.07) is 14.0. The Labute approximate surface area is 184 Å². The third-order valence-corrected chi connectivity index (χ3v) is 6.13. The molecule has 1 aliphatic carbocycles. The second-order valence-electron chi connectivity index (χ2n) is 8.64. The van der Waals surface area contributed by atoms with E-state index in [0.29, 0.717) is 13.1 Å². The number of rotatable bonds is 3. The van der Waals surface area contributed by atoms with Gasteiger partial charge in [0, 0.05) is 64.0 Å². The Hall–Kier alpha value is -2.73. The molecule has 6 nitrogen and oxygen atoms in total. The lowest BCUT2D eigenvalue weighted by Crippen LogP contribution is -2.38. The average molecular weight is 421 g/mol. The van der Waals surface area contributed by atoms with Crippen molar-refractivity contribution in [3.63, 3.8) is 0 Å². The molecular formula is C25H32N4O2. The Bertz CT molecular complexity index is 897. The molecule has 1 aliphatic heterocycles. The number of para-hydroxylation sites is 1. The van der Waals surface area contributed by atoms with Crippen molar-refractivity contribution in [2.45, 2.75) is 45.7 Å². The van der Waals surface area contributed by atoms with Gasteiger partial charge in [-0.05, 0) is 49.4 Å². The maximum Gasteiger partial charge on any atom is 0.225 e. The number of aromatic nitrogens is 1. The number of pyridine rings is 1. The fourth-order valence-corrected chi connectivity index (χ4v) is 4.34. The van der Waals surface area contributed by atoms with E-state index in [1.165, 1.54) is 0 Å². The number of hydrogen-bond acceptors (Lipinski definition) is 4. The van der Waals surface area contributed by atoms with Crippen molar-refractivity contribution in [1.29, 1.82) is 0 Å². The van der Waals surface area contributed by atoms with E-state index in [1.807, 2.05) is 46.3 Å². The van der Waals surface area contributed by atoms with Crippen LogP contribution in [-0.2, 0) is 22.7 Å². The summed E-state index contributed by atoms with van der Waals surface area (Å²) < 4.78 is 0. The van der Waals surface area contributed by atoms with Gasteiger partial charge in [0.25, 0.3) is 0 Å². The molecule has 6 heteroatoms. The highest BCUT2D eigenvalue weighted by atomic mass is 16.2. The van der Waals surface area contributed by atoms with Gasteiger partial charge in [-0.25, -0.2) is 0 Å². The van der Waals surface area contributed by atoms with E-state index >= 15 is 0 Å². The predicted molar refractivity (Wildman–Crippen MR) is 121 cm³/mol. The molecule has 0 spiro atoms. The van der Waals surface area contributed by atoms with Crippen LogP contribution < -0.4 is 4.90 Å². The number of nitrogens with zero attached hydrogens (tertiary/aromatic N) is 4. The molecule has 1 fully saturated rings. The number of fused-ring (bicyclic) bond motifs is 1. The first-order chi connectivity index (χ1) is 15.1. The molecule has 2 aliphatic rings. The number of carbonyl (C=O) groups excluding carboxylic acids is 2. The third-order valence-electron chi connectivity index (χ3n) is 6.13. The van der Waals surface area contributed by atoms with Crippen LogP contribution in [0.4, 0.5) is 5.69 Å². The molecular weight excluding hydrogens is 388 g/mol. The van der Waals surface area contributed by atoms with Crippen LogP contribution in [0.3, 0.4) is 0 Å². The van der Waals surface area contributed by atoms with Crippen molar-refractivity contribution in [3.05, 3.63) is 59.9 Å². The zero-order chi connectivity index (χ0) is 21.6.